The molecule has 2 fully saturated rings. The molecule has 36 heavy (non-hydrogen) atoms. The Bertz CT molecular complexity index is 1260. The summed E-state index contributed by atoms with van der Waals surface area (Å²) in [6, 6.07) is 10.8. The van der Waals surface area contributed by atoms with Crippen LogP contribution < -0.4 is 10.9 Å². The minimum atomic E-state index is -0.205. The standard InChI is InChI=1S/C30H37N3O3/c1-30-15-14-22-21-8-4-2-6-18(21)10-12-23(22)28(30)20(17-26(30)33-36)11-13-27(34)31-25-16-19-7-3-5-9-24(19)32-29(25)35/h2,4,6,8,16,20,22-23,28,36H,3,5,7,9-15,17H2,1H3,(H,31,34)(H,32,35)/b33-26+/t20-,22?,23?,28?,30-/m1/s1. The molecule has 2 aromatic rings. The number of H-pyrrole nitrogens is 1. The summed E-state index contributed by atoms with van der Waals surface area (Å²) in [5.74, 6) is 1.72. The molecule has 0 saturated heterocycles. The third-order valence-electron chi connectivity index (χ3n) is 9.99. The first-order valence-electron chi connectivity index (χ1n) is 13.8. The number of nitrogens with one attached hydrogen (secondary N) is 2. The van der Waals surface area contributed by atoms with Gasteiger partial charge in [-0.15, -0.1) is 0 Å². The van der Waals surface area contributed by atoms with Crippen molar-refractivity contribution in [2.24, 2.45) is 28.3 Å². The highest BCUT2D eigenvalue weighted by Gasteiger charge is 2.57. The predicted molar refractivity (Wildman–Crippen MR) is 141 cm³/mol. The number of benzene rings is 1. The van der Waals surface area contributed by atoms with E-state index in [4.69, 9.17) is 0 Å². The van der Waals surface area contributed by atoms with Gasteiger partial charge in [0.15, 0.2) is 0 Å². The van der Waals surface area contributed by atoms with Crippen molar-refractivity contribution in [2.45, 2.75) is 83.5 Å². The Hall–Kier alpha value is -2.89. The molecule has 1 aromatic carbocycles. The quantitative estimate of drug-likeness (QED) is 0.388. The lowest BCUT2D eigenvalue weighted by Gasteiger charge is -2.50. The number of oxime groups is 1. The molecule has 5 atom stereocenters. The SMILES string of the molecule is C[C@]12CCC3c4ccccc4CCC3C1[C@H](CCC(=O)Nc1cc3c([nH]c1=O)CCCC3)C/C2=N\O. The summed E-state index contributed by atoms with van der Waals surface area (Å²) in [7, 11) is 0. The number of anilines is 1. The fraction of sp³-hybridized carbons (Fsp3) is 0.567. The van der Waals surface area contributed by atoms with Crippen LogP contribution in [-0.4, -0.2) is 21.8 Å². The topological polar surface area (TPSA) is 94.5 Å². The number of carbonyl (C=O) groups is 1. The molecular formula is C30H37N3O3. The molecule has 1 heterocycles. The molecule has 0 aliphatic heterocycles. The maximum Gasteiger partial charge on any atom is 0.271 e. The number of pyridine rings is 1. The molecule has 3 N–H and O–H groups in total. The highest BCUT2D eigenvalue weighted by molar-refractivity contribution is 5.93. The van der Waals surface area contributed by atoms with Crippen molar-refractivity contribution in [3.8, 4) is 0 Å². The van der Waals surface area contributed by atoms with Crippen LogP contribution in [-0.2, 0) is 24.1 Å². The van der Waals surface area contributed by atoms with Gasteiger partial charge in [-0.25, -0.2) is 0 Å². The number of carbonyl (C=O) groups excluding carboxylic acids is 1. The molecular weight excluding hydrogens is 450 g/mol. The third kappa shape index (κ3) is 3.89. The molecule has 4 aliphatic carbocycles. The van der Waals surface area contributed by atoms with Crippen LogP contribution >= 0.6 is 0 Å². The zero-order valence-corrected chi connectivity index (χ0v) is 21.2. The fourth-order valence-electron chi connectivity index (χ4n) is 8.32. The monoisotopic (exact) mass is 487 g/mol. The van der Waals surface area contributed by atoms with Gasteiger partial charge in [0.1, 0.15) is 5.69 Å². The first-order valence-corrected chi connectivity index (χ1v) is 13.8. The zero-order chi connectivity index (χ0) is 24.9. The number of hydrogen-bond acceptors (Lipinski definition) is 4. The van der Waals surface area contributed by atoms with Gasteiger partial charge in [0.2, 0.25) is 5.91 Å². The molecule has 1 aromatic heterocycles. The second-order valence-corrected chi connectivity index (χ2v) is 11.8. The van der Waals surface area contributed by atoms with E-state index in [1.165, 1.54) is 11.1 Å². The number of aromatic amines is 1. The van der Waals surface area contributed by atoms with E-state index < -0.39 is 0 Å². The summed E-state index contributed by atoms with van der Waals surface area (Å²) in [6.07, 6.45) is 10.4. The number of rotatable bonds is 4. The van der Waals surface area contributed by atoms with Crippen molar-refractivity contribution in [3.63, 3.8) is 0 Å². The lowest BCUT2D eigenvalue weighted by atomic mass is 9.54. The molecule has 190 valence electrons. The smallest absolute Gasteiger partial charge is 0.271 e. The zero-order valence-electron chi connectivity index (χ0n) is 21.2. The highest BCUT2D eigenvalue weighted by Crippen LogP contribution is 2.62. The van der Waals surface area contributed by atoms with E-state index in [9.17, 15) is 14.8 Å². The van der Waals surface area contributed by atoms with Crippen molar-refractivity contribution in [2.75, 3.05) is 5.32 Å². The first-order chi connectivity index (χ1) is 17.5. The summed E-state index contributed by atoms with van der Waals surface area (Å²) in [6.45, 7) is 2.29. The van der Waals surface area contributed by atoms with Crippen molar-refractivity contribution < 1.29 is 10.0 Å². The maximum atomic E-state index is 13.0. The first kappa shape index (κ1) is 23.5. The molecule has 1 amide bonds. The molecule has 6 rings (SSSR count). The Morgan fingerprint density at radius 2 is 2.00 bits per heavy atom. The predicted octanol–water partition coefficient (Wildman–Crippen LogP) is 5.59. The summed E-state index contributed by atoms with van der Waals surface area (Å²) in [5.41, 5.74) is 6.15. The number of amides is 1. The summed E-state index contributed by atoms with van der Waals surface area (Å²) >= 11 is 0. The van der Waals surface area contributed by atoms with Crippen molar-refractivity contribution in [3.05, 3.63) is 63.1 Å². The van der Waals surface area contributed by atoms with Crippen LogP contribution in [0.1, 0.15) is 86.6 Å². The normalized spacial score (nSPS) is 31.8. The van der Waals surface area contributed by atoms with E-state index in [0.717, 1.165) is 81.2 Å². The van der Waals surface area contributed by atoms with Crippen molar-refractivity contribution in [1.82, 2.24) is 4.98 Å². The van der Waals surface area contributed by atoms with Crippen molar-refractivity contribution in [1.29, 1.82) is 0 Å². The number of aryl methyl sites for hydroxylation is 3. The molecule has 0 radical (unpaired) electrons. The molecule has 6 heteroatoms. The molecule has 0 spiro atoms. The molecule has 0 bridgehead atoms. The Labute approximate surface area is 212 Å². The second kappa shape index (κ2) is 9.20. The summed E-state index contributed by atoms with van der Waals surface area (Å²) < 4.78 is 0. The van der Waals surface area contributed by atoms with E-state index in [1.807, 2.05) is 6.07 Å². The lowest BCUT2D eigenvalue weighted by Crippen LogP contribution is -2.44. The minimum Gasteiger partial charge on any atom is -0.411 e. The van der Waals surface area contributed by atoms with Crippen molar-refractivity contribution >= 4 is 17.3 Å². The lowest BCUT2D eigenvalue weighted by molar-refractivity contribution is -0.116. The third-order valence-corrected chi connectivity index (χ3v) is 9.99. The van der Waals surface area contributed by atoms with Gasteiger partial charge in [-0.05, 0) is 111 Å². The Balaban J connectivity index is 1.19. The Morgan fingerprint density at radius 1 is 1.17 bits per heavy atom. The molecule has 6 nitrogen and oxygen atoms in total. The van der Waals surface area contributed by atoms with Gasteiger partial charge in [0, 0.05) is 17.5 Å². The highest BCUT2D eigenvalue weighted by atomic mass is 16.4. The van der Waals surface area contributed by atoms with E-state index in [2.05, 4.69) is 46.6 Å². The van der Waals surface area contributed by atoms with E-state index in [0.29, 0.717) is 35.8 Å². The van der Waals surface area contributed by atoms with Crippen LogP contribution in [0.3, 0.4) is 0 Å². The van der Waals surface area contributed by atoms with Crippen LogP contribution in [0.4, 0.5) is 5.69 Å². The summed E-state index contributed by atoms with van der Waals surface area (Å²) in [4.78, 5) is 28.5. The van der Waals surface area contributed by atoms with Gasteiger partial charge in [-0.2, -0.15) is 0 Å². The van der Waals surface area contributed by atoms with Gasteiger partial charge in [0.25, 0.3) is 5.56 Å². The second-order valence-electron chi connectivity index (χ2n) is 11.8. The van der Waals surface area contributed by atoms with Gasteiger partial charge < -0.3 is 15.5 Å². The van der Waals surface area contributed by atoms with Crippen LogP contribution in [0.15, 0.2) is 40.3 Å². The van der Waals surface area contributed by atoms with Gasteiger partial charge >= 0.3 is 0 Å². The number of fused-ring (bicyclic) bond motifs is 6. The number of hydrogen-bond donors (Lipinski definition) is 3. The Morgan fingerprint density at radius 3 is 2.86 bits per heavy atom. The van der Waals surface area contributed by atoms with E-state index in [-0.39, 0.29) is 16.9 Å². The largest absolute Gasteiger partial charge is 0.411 e. The average Bonchev–Trinajstić information content (AvgIpc) is 3.19. The van der Waals surface area contributed by atoms with Gasteiger partial charge in [-0.1, -0.05) is 36.3 Å². The van der Waals surface area contributed by atoms with Gasteiger partial charge in [-0.3, -0.25) is 9.59 Å². The van der Waals surface area contributed by atoms with Crippen LogP contribution in [0.25, 0.3) is 0 Å². The average molecular weight is 488 g/mol. The fourth-order valence-corrected chi connectivity index (χ4v) is 8.32. The Kier molecular flexibility index (Phi) is 6.01. The minimum absolute atomic E-state index is 0.0982. The maximum absolute atomic E-state index is 13.0. The number of aromatic nitrogens is 1. The summed E-state index contributed by atoms with van der Waals surface area (Å²) in [5, 5.41) is 16.6. The van der Waals surface area contributed by atoms with Crippen LogP contribution in [0.5, 0.6) is 0 Å². The van der Waals surface area contributed by atoms with Crippen LogP contribution in [0.2, 0.25) is 0 Å². The van der Waals surface area contributed by atoms with Crippen LogP contribution in [0, 0.1) is 23.2 Å². The molecule has 4 aliphatic rings. The van der Waals surface area contributed by atoms with E-state index in [1.54, 1.807) is 0 Å². The van der Waals surface area contributed by atoms with E-state index >= 15 is 0 Å². The van der Waals surface area contributed by atoms with Gasteiger partial charge in [0.05, 0.1) is 5.71 Å². The molecule has 3 unspecified atom stereocenters. The number of nitrogens with zero attached hydrogens (tertiary/aromatic N) is 1. The molecule has 2 saturated carbocycles.